The molecule has 3 N–H and O–H groups in total. The SMILES string of the molecule is NC(=O)c1nc(C#CC2=CCCCC2)n(COCCO)n1. The molecule has 7 nitrogen and oxygen atoms in total. The molecule has 1 aromatic heterocycles. The van der Waals surface area contributed by atoms with Crippen molar-refractivity contribution in [1.29, 1.82) is 0 Å². The van der Waals surface area contributed by atoms with Crippen molar-refractivity contribution >= 4 is 5.91 Å². The van der Waals surface area contributed by atoms with E-state index in [1.54, 1.807) is 0 Å². The van der Waals surface area contributed by atoms with Gasteiger partial charge in [0.1, 0.15) is 6.73 Å². The molecule has 0 saturated heterocycles. The summed E-state index contributed by atoms with van der Waals surface area (Å²) in [6, 6.07) is 0. The van der Waals surface area contributed by atoms with E-state index >= 15 is 0 Å². The van der Waals surface area contributed by atoms with E-state index in [0.29, 0.717) is 5.82 Å². The molecule has 1 aliphatic rings. The average molecular weight is 290 g/mol. The highest BCUT2D eigenvalue weighted by Gasteiger charge is 2.12. The summed E-state index contributed by atoms with van der Waals surface area (Å²) >= 11 is 0. The van der Waals surface area contributed by atoms with Gasteiger partial charge in [0.05, 0.1) is 13.2 Å². The van der Waals surface area contributed by atoms with Crippen LogP contribution < -0.4 is 5.73 Å². The molecule has 7 heteroatoms. The lowest BCUT2D eigenvalue weighted by Gasteiger charge is -2.05. The largest absolute Gasteiger partial charge is 0.394 e. The van der Waals surface area contributed by atoms with Gasteiger partial charge >= 0.3 is 0 Å². The molecule has 0 saturated carbocycles. The summed E-state index contributed by atoms with van der Waals surface area (Å²) in [5.74, 6) is 5.48. The molecular formula is C14H18N4O3. The number of nitrogens with zero attached hydrogens (tertiary/aromatic N) is 3. The average Bonchev–Trinajstić information content (AvgIpc) is 2.90. The zero-order chi connectivity index (χ0) is 15.1. The molecule has 0 bridgehead atoms. The monoisotopic (exact) mass is 290 g/mol. The summed E-state index contributed by atoms with van der Waals surface area (Å²) in [6.45, 7) is 0.138. The Balaban J connectivity index is 2.17. The van der Waals surface area contributed by atoms with Crippen molar-refractivity contribution in [2.24, 2.45) is 5.73 Å². The number of allylic oxidation sites excluding steroid dienone is 2. The van der Waals surface area contributed by atoms with Gasteiger partial charge in [0.2, 0.25) is 11.6 Å². The van der Waals surface area contributed by atoms with E-state index in [-0.39, 0.29) is 25.8 Å². The molecule has 112 valence electrons. The number of hydrogen-bond acceptors (Lipinski definition) is 5. The van der Waals surface area contributed by atoms with Crippen LogP contribution in [-0.2, 0) is 11.5 Å². The number of amides is 1. The summed E-state index contributed by atoms with van der Waals surface area (Å²) in [7, 11) is 0. The molecule has 1 heterocycles. The second kappa shape index (κ2) is 7.57. The molecule has 21 heavy (non-hydrogen) atoms. The Morgan fingerprint density at radius 3 is 3.00 bits per heavy atom. The van der Waals surface area contributed by atoms with E-state index in [0.717, 1.165) is 24.8 Å². The Morgan fingerprint density at radius 2 is 2.33 bits per heavy atom. The van der Waals surface area contributed by atoms with Gasteiger partial charge in [0.15, 0.2) is 0 Å². The normalized spacial score (nSPS) is 14.2. The van der Waals surface area contributed by atoms with Crippen molar-refractivity contribution in [3.63, 3.8) is 0 Å². The van der Waals surface area contributed by atoms with Crippen LogP contribution >= 0.6 is 0 Å². The number of rotatable bonds is 5. The zero-order valence-corrected chi connectivity index (χ0v) is 11.7. The van der Waals surface area contributed by atoms with E-state index in [9.17, 15) is 4.79 Å². The Bertz CT molecular complexity index is 595. The number of aliphatic hydroxyl groups excluding tert-OH is 1. The number of carbonyl (C=O) groups is 1. The van der Waals surface area contributed by atoms with Crippen LogP contribution in [0.15, 0.2) is 11.6 Å². The standard InChI is InChI=1S/C14H18N4O3/c15-13(20)14-16-12(18(17-14)10-21-9-8-19)7-6-11-4-2-1-3-5-11/h4,19H,1-3,5,8-10H2,(H2,15,20). The highest BCUT2D eigenvalue weighted by molar-refractivity contribution is 5.88. The fourth-order valence-electron chi connectivity index (χ4n) is 1.93. The highest BCUT2D eigenvalue weighted by atomic mass is 16.5. The zero-order valence-electron chi connectivity index (χ0n) is 11.7. The van der Waals surface area contributed by atoms with Crippen molar-refractivity contribution in [3.05, 3.63) is 23.3 Å². The first-order chi connectivity index (χ1) is 10.2. The van der Waals surface area contributed by atoms with Gasteiger partial charge in [-0.05, 0) is 37.2 Å². The summed E-state index contributed by atoms with van der Waals surface area (Å²) in [5, 5.41) is 12.6. The van der Waals surface area contributed by atoms with Crippen LogP contribution in [0, 0.1) is 11.8 Å². The maximum absolute atomic E-state index is 11.1. The summed E-state index contributed by atoms with van der Waals surface area (Å²) in [6.07, 6.45) is 6.46. The van der Waals surface area contributed by atoms with E-state index in [4.69, 9.17) is 15.6 Å². The van der Waals surface area contributed by atoms with Crippen molar-refractivity contribution < 1.29 is 14.6 Å². The van der Waals surface area contributed by atoms with Gasteiger partial charge in [-0.25, -0.2) is 4.68 Å². The molecule has 0 spiro atoms. The summed E-state index contributed by atoms with van der Waals surface area (Å²) in [4.78, 5) is 15.2. The van der Waals surface area contributed by atoms with Gasteiger partial charge in [-0.3, -0.25) is 4.79 Å². The Labute approximate surface area is 122 Å². The minimum absolute atomic E-state index is 0.0594. The van der Waals surface area contributed by atoms with Gasteiger partial charge in [0, 0.05) is 0 Å². The molecular weight excluding hydrogens is 272 g/mol. The van der Waals surface area contributed by atoms with Crippen LogP contribution in [0.1, 0.15) is 42.1 Å². The van der Waals surface area contributed by atoms with E-state index in [2.05, 4.69) is 28.0 Å². The lowest BCUT2D eigenvalue weighted by Crippen LogP contribution is -2.14. The first-order valence-electron chi connectivity index (χ1n) is 6.85. The minimum Gasteiger partial charge on any atom is -0.394 e. The molecule has 1 aliphatic carbocycles. The van der Waals surface area contributed by atoms with E-state index in [1.807, 2.05) is 0 Å². The number of ether oxygens (including phenoxy) is 1. The van der Waals surface area contributed by atoms with Crippen molar-refractivity contribution in [2.75, 3.05) is 13.2 Å². The highest BCUT2D eigenvalue weighted by Crippen LogP contribution is 2.16. The van der Waals surface area contributed by atoms with Gasteiger partial charge in [-0.15, -0.1) is 5.10 Å². The number of carbonyl (C=O) groups excluding carboxylic acids is 1. The maximum atomic E-state index is 11.1. The Kier molecular flexibility index (Phi) is 5.49. The van der Waals surface area contributed by atoms with Crippen LogP contribution in [0.2, 0.25) is 0 Å². The van der Waals surface area contributed by atoms with Crippen LogP contribution in [0.25, 0.3) is 0 Å². The molecule has 1 amide bonds. The predicted molar refractivity (Wildman–Crippen MR) is 75.0 cm³/mol. The molecule has 0 fully saturated rings. The first-order valence-corrected chi connectivity index (χ1v) is 6.85. The lowest BCUT2D eigenvalue weighted by atomic mass is 10.0. The summed E-state index contributed by atoms with van der Waals surface area (Å²) in [5.41, 5.74) is 6.25. The lowest BCUT2D eigenvalue weighted by molar-refractivity contribution is 0.0411. The summed E-state index contributed by atoms with van der Waals surface area (Å²) < 4.78 is 6.54. The fraction of sp³-hybridized carbons (Fsp3) is 0.500. The molecule has 0 atom stereocenters. The maximum Gasteiger partial charge on any atom is 0.288 e. The van der Waals surface area contributed by atoms with Gasteiger partial charge in [-0.1, -0.05) is 12.0 Å². The van der Waals surface area contributed by atoms with Crippen molar-refractivity contribution in [2.45, 2.75) is 32.4 Å². The second-order valence-electron chi connectivity index (χ2n) is 4.61. The third-order valence-electron chi connectivity index (χ3n) is 2.97. The van der Waals surface area contributed by atoms with Crippen LogP contribution in [0.3, 0.4) is 0 Å². The number of aromatic nitrogens is 3. The molecule has 1 aromatic rings. The molecule has 0 aromatic carbocycles. The van der Waals surface area contributed by atoms with Crippen molar-refractivity contribution in [3.8, 4) is 11.8 Å². The van der Waals surface area contributed by atoms with Gasteiger partial charge in [0.25, 0.3) is 5.91 Å². The Morgan fingerprint density at radius 1 is 1.48 bits per heavy atom. The van der Waals surface area contributed by atoms with E-state index < -0.39 is 5.91 Å². The molecule has 0 radical (unpaired) electrons. The van der Waals surface area contributed by atoms with Crippen LogP contribution in [-0.4, -0.2) is 39.0 Å². The van der Waals surface area contributed by atoms with Crippen LogP contribution in [0.4, 0.5) is 0 Å². The smallest absolute Gasteiger partial charge is 0.288 e. The number of hydrogen-bond donors (Lipinski definition) is 2. The van der Waals surface area contributed by atoms with Crippen molar-refractivity contribution in [1.82, 2.24) is 14.8 Å². The predicted octanol–water partition coefficient (Wildman–Crippen LogP) is 0.195. The quantitative estimate of drug-likeness (QED) is 0.595. The number of aliphatic hydroxyl groups is 1. The second-order valence-corrected chi connectivity index (χ2v) is 4.61. The minimum atomic E-state index is -0.712. The number of nitrogens with two attached hydrogens (primary N) is 1. The third kappa shape index (κ3) is 4.41. The van der Waals surface area contributed by atoms with Gasteiger partial charge in [-0.2, -0.15) is 4.98 Å². The number of primary amides is 1. The third-order valence-corrected chi connectivity index (χ3v) is 2.97. The first kappa shape index (κ1) is 15.2. The Hall–Kier alpha value is -2.17. The molecule has 2 rings (SSSR count). The van der Waals surface area contributed by atoms with E-state index in [1.165, 1.54) is 11.1 Å². The topological polar surface area (TPSA) is 103 Å². The van der Waals surface area contributed by atoms with Crippen LogP contribution in [0.5, 0.6) is 0 Å². The molecule has 0 unspecified atom stereocenters. The van der Waals surface area contributed by atoms with Gasteiger partial charge < -0.3 is 15.6 Å². The molecule has 0 aliphatic heterocycles. The fourth-order valence-corrected chi connectivity index (χ4v) is 1.93.